The molecular formula is C9H7ClFN3S. The second-order valence-electron chi connectivity index (χ2n) is 2.88. The molecule has 0 aliphatic carbocycles. The van der Waals surface area contributed by atoms with Gasteiger partial charge in [0, 0.05) is 12.1 Å². The number of nitrogens with two attached hydrogens (primary N) is 1. The Morgan fingerprint density at radius 1 is 1.47 bits per heavy atom. The Labute approximate surface area is 94.9 Å². The Morgan fingerprint density at radius 3 is 2.93 bits per heavy atom. The van der Waals surface area contributed by atoms with Gasteiger partial charge in [-0.3, -0.25) is 0 Å². The van der Waals surface area contributed by atoms with Crippen LogP contribution in [0, 0.1) is 5.82 Å². The van der Waals surface area contributed by atoms with Crippen molar-refractivity contribution in [3.63, 3.8) is 0 Å². The van der Waals surface area contributed by atoms with E-state index in [0.29, 0.717) is 12.2 Å². The summed E-state index contributed by atoms with van der Waals surface area (Å²) in [5, 5.41) is 4.01. The number of benzene rings is 1. The van der Waals surface area contributed by atoms with Gasteiger partial charge in [-0.2, -0.15) is 0 Å². The van der Waals surface area contributed by atoms with Crippen LogP contribution in [0.4, 0.5) is 4.39 Å². The lowest BCUT2D eigenvalue weighted by atomic mass is 10.1. The highest BCUT2D eigenvalue weighted by Crippen LogP contribution is 2.27. The molecule has 2 aromatic rings. The number of halogens is 2. The molecule has 0 radical (unpaired) electrons. The molecule has 6 heteroatoms. The maximum Gasteiger partial charge on any atom is 0.141 e. The predicted molar refractivity (Wildman–Crippen MR) is 58.2 cm³/mol. The lowest BCUT2D eigenvalue weighted by molar-refractivity contribution is 0.628. The van der Waals surface area contributed by atoms with Crippen LogP contribution in [0.1, 0.15) is 4.88 Å². The van der Waals surface area contributed by atoms with E-state index in [-0.39, 0.29) is 5.02 Å². The largest absolute Gasteiger partial charge is 0.326 e. The summed E-state index contributed by atoms with van der Waals surface area (Å²) in [4.78, 5) is 0.859. The zero-order valence-corrected chi connectivity index (χ0v) is 9.15. The van der Waals surface area contributed by atoms with Crippen LogP contribution in [-0.2, 0) is 6.54 Å². The first kappa shape index (κ1) is 10.5. The number of hydrogen-bond acceptors (Lipinski definition) is 4. The normalized spacial score (nSPS) is 10.6. The van der Waals surface area contributed by atoms with Crippen molar-refractivity contribution in [2.75, 3.05) is 0 Å². The molecule has 15 heavy (non-hydrogen) atoms. The summed E-state index contributed by atoms with van der Waals surface area (Å²) in [6.07, 6.45) is 0. The first-order valence-electron chi connectivity index (χ1n) is 4.19. The molecule has 1 heterocycles. The van der Waals surface area contributed by atoms with Crippen LogP contribution >= 0.6 is 23.1 Å². The SMILES string of the molecule is NCc1snnc1-c1ccc(F)c(Cl)c1. The molecule has 2 N–H and O–H groups in total. The minimum atomic E-state index is -0.446. The average molecular weight is 244 g/mol. The van der Waals surface area contributed by atoms with Gasteiger partial charge in [0.2, 0.25) is 0 Å². The van der Waals surface area contributed by atoms with Crippen LogP contribution in [0.15, 0.2) is 18.2 Å². The Balaban J connectivity index is 2.50. The molecule has 1 aromatic carbocycles. The summed E-state index contributed by atoms with van der Waals surface area (Å²) >= 11 is 6.91. The van der Waals surface area contributed by atoms with Crippen molar-refractivity contribution < 1.29 is 4.39 Å². The molecule has 0 aliphatic heterocycles. The average Bonchev–Trinajstić information content (AvgIpc) is 2.70. The number of rotatable bonds is 2. The zero-order valence-electron chi connectivity index (χ0n) is 7.58. The molecule has 78 valence electrons. The molecule has 0 saturated heterocycles. The van der Waals surface area contributed by atoms with E-state index in [1.165, 1.54) is 23.7 Å². The van der Waals surface area contributed by atoms with E-state index in [2.05, 4.69) is 9.59 Å². The fourth-order valence-electron chi connectivity index (χ4n) is 1.21. The van der Waals surface area contributed by atoms with Gasteiger partial charge >= 0.3 is 0 Å². The predicted octanol–water partition coefficient (Wildman–Crippen LogP) is 2.46. The summed E-state index contributed by atoms with van der Waals surface area (Å²) in [7, 11) is 0. The summed E-state index contributed by atoms with van der Waals surface area (Å²) in [5.41, 5.74) is 6.93. The Morgan fingerprint density at radius 2 is 2.27 bits per heavy atom. The summed E-state index contributed by atoms with van der Waals surface area (Å²) in [5.74, 6) is -0.446. The molecule has 2 rings (SSSR count). The molecule has 0 fully saturated rings. The number of nitrogens with zero attached hydrogens (tertiary/aromatic N) is 2. The molecule has 1 aromatic heterocycles. The fourth-order valence-corrected chi connectivity index (χ4v) is 1.93. The molecule has 0 spiro atoms. The van der Waals surface area contributed by atoms with E-state index in [4.69, 9.17) is 17.3 Å². The molecule has 0 bridgehead atoms. The maximum absolute atomic E-state index is 12.9. The first-order chi connectivity index (χ1) is 7.22. The molecule has 0 atom stereocenters. The van der Waals surface area contributed by atoms with Gasteiger partial charge in [0.15, 0.2) is 0 Å². The Hall–Kier alpha value is -1.04. The Bertz CT molecular complexity index is 486. The lowest BCUT2D eigenvalue weighted by Gasteiger charge is -2.00. The van der Waals surface area contributed by atoms with Crippen LogP contribution in [-0.4, -0.2) is 9.59 Å². The molecule has 0 saturated carbocycles. The second kappa shape index (κ2) is 4.22. The van der Waals surface area contributed by atoms with E-state index < -0.39 is 5.82 Å². The minimum Gasteiger partial charge on any atom is -0.326 e. The molecule has 0 unspecified atom stereocenters. The van der Waals surface area contributed by atoms with Crippen molar-refractivity contribution >= 4 is 23.1 Å². The van der Waals surface area contributed by atoms with E-state index in [1.54, 1.807) is 6.07 Å². The van der Waals surface area contributed by atoms with E-state index in [0.717, 1.165) is 10.4 Å². The van der Waals surface area contributed by atoms with Gasteiger partial charge in [-0.15, -0.1) is 5.10 Å². The Kier molecular flexibility index (Phi) is 2.95. The van der Waals surface area contributed by atoms with E-state index >= 15 is 0 Å². The van der Waals surface area contributed by atoms with Gasteiger partial charge in [-0.25, -0.2) is 4.39 Å². The van der Waals surface area contributed by atoms with Crippen molar-refractivity contribution in [3.05, 3.63) is 33.9 Å². The summed E-state index contributed by atoms with van der Waals surface area (Å²) in [6, 6.07) is 4.43. The highest BCUT2D eigenvalue weighted by atomic mass is 35.5. The number of aromatic nitrogens is 2. The smallest absolute Gasteiger partial charge is 0.141 e. The highest BCUT2D eigenvalue weighted by molar-refractivity contribution is 7.05. The monoisotopic (exact) mass is 243 g/mol. The van der Waals surface area contributed by atoms with Crippen LogP contribution in [0.25, 0.3) is 11.3 Å². The fraction of sp³-hybridized carbons (Fsp3) is 0.111. The topological polar surface area (TPSA) is 51.8 Å². The van der Waals surface area contributed by atoms with Gasteiger partial charge in [0.25, 0.3) is 0 Å². The van der Waals surface area contributed by atoms with Crippen molar-refractivity contribution in [1.29, 1.82) is 0 Å². The van der Waals surface area contributed by atoms with Gasteiger partial charge in [0.05, 0.1) is 9.90 Å². The third kappa shape index (κ3) is 1.99. The number of hydrogen-bond donors (Lipinski definition) is 1. The molecular weight excluding hydrogens is 237 g/mol. The summed E-state index contributed by atoms with van der Waals surface area (Å²) < 4.78 is 16.7. The minimum absolute atomic E-state index is 0.0727. The highest BCUT2D eigenvalue weighted by Gasteiger charge is 2.10. The third-order valence-corrected chi connectivity index (χ3v) is 2.97. The van der Waals surface area contributed by atoms with Gasteiger partial charge in [-0.1, -0.05) is 16.1 Å². The van der Waals surface area contributed by atoms with E-state index in [1.807, 2.05) is 0 Å². The van der Waals surface area contributed by atoms with Crippen molar-refractivity contribution in [3.8, 4) is 11.3 Å². The quantitative estimate of drug-likeness (QED) is 0.882. The van der Waals surface area contributed by atoms with Crippen LogP contribution < -0.4 is 5.73 Å². The lowest BCUT2D eigenvalue weighted by Crippen LogP contribution is -1.95. The van der Waals surface area contributed by atoms with Gasteiger partial charge < -0.3 is 5.73 Å². The molecule has 0 amide bonds. The third-order valence-electron chi connectivity index (χ3n) is 1.93. The van der Waals surface area contributed by atoms with E-state index in [9.17, 15) is 4.39 Å². The van der Waals surface area contributed by atoms with Crippen LogP contribution in [0.3, 0.4) is 0 Å². The van der Waals surface area contributed by atoms with Gasteiger partial charge in [0.1, 0.15) is 11.5 Å². The standard InChI is InChI=1S/C9H7ClFN3S/c10-6-3-5(1-2-7(6)11)9-8(4-12)15-14-13-9/h1-3H,4,12H2. The van der Waals surface area contributed by atoms with Crippen LogP contribution in [0.5, 0.6) is 0 Å². The maximum atomic E-state index is 12.9. The first-order valence-corrected chi connectivity index (χ1v) is 5.34. The van der Waals surface area contributed by atoms with Crippen molar-refractivity contribution in [2.24, 2.45) is 5.73 Å². The summed E-state index contributed by atoms with van der Waals surface area (Å²) in [6.45, 7) is 0.363. The molecule has 0 aliphatic rings. The van der Waals surface area contributed by atoms with Gasteiger partial charge in [-0.05, 0) is 29.7 Å². The molecule has 3 nitrogen and oxygen atoms in total. The van der Waals surface area contributed by atoms with Crippen molar-refractivity contribution in [1.82, 2.24) is 9.59 Å². The zero-order chi connectivity index (χ0) is 10.8. The van der Waals surface area contributed by atoms with Crippen molar-refractivity contribution in [2.45, 2.75) is 6.54 Å². The van der Waals surface area contributed by atoms with Crippen LogP contribution in [0.2, 0.25) is 5.02 Å². The second-order valence-corrected chi connectivity index (χ2v) is 4.12.